The minimum atomic E-state index is 0.513. The number of anilines is 1. The van der Waals surface area contributed by atoms with Crippen LogP contribution in [-0.4, -0.2) is 11.5 Å². The Kier molecular flexibility index (Phi) is 4.80. The van der Waals surface area contributed by atoms with E-state index in [0.717, 1.165) is 33.7 Å². The van der Waals surface area contributed by atoms with E-state index in [-0.39, 0.29) is 0 Å². The van der Waals surface area contributed by atoms with Gasteiger partial charge >= 0.3 is 0 Å². The number of benzene rings is 1. The molecule has 1 aromatic heterocycles. The lowest BCUT2D eigenvalue weighted by Gasteiger charge is -2.12. The highest BCUT2D eigenvalue weighted by Crippen LogP contribution is 2.23. The van der Waals surface area contributed by atoms with Gasteiger partial charge in [-0.3, -0.25) is 0 Å². The quantitative estimate of drug-likeness (QED) is 0.898. The lowest BCUT2D eigenvalue weighted by molar-refractivity contribution is 0.304. The monoisotopic (exact) mass is 320 g/mol. The number of nitrogens with one attached hydrogen (secondary N) is 1. The van der Waals surface area contributed by atoms with E-state index in [4.69, 9.17) is 4.74 Å². The highest BCUT2D eigenvalue weighted by Gasteiger charge is 2.05. The minimum absolute atomic E-state index is 0.513. The molecule has 1 aromatic carbocycles. The van der Waals surface area contributed by atoms with E-state index in [9.17, 15) is 0 Å². The number of pyridine rings is 1. The van der Waals surface area contributed by atoms with Crippen LogP contribution in [0.3, 0.4) is 0 Å². The zero-order chi connectivity index (χ0) is 13.7. The molecule has 0 saturated heterocycles. The molecule has 0 atom stereocenters. The summed E-state index contributed by atoms with van der Waals surface area (Å²) in [5.74, 6) is 1.79. The molecule has 0 aliphatic heterocycles. The largest absolute Gasteiger partial charge is 0.488 e. The third kappa shape index (κ3) is 3.70. The second-order valence-electron chi connectivity index (χ2n) is 4.24. The predicted octanol–water partition coefficient (Wildman–Crippen LogP) is 4.16. The van der Waals surface area contributed by atoms with Crippen molar-refractivity contribution in [3.05, 3.63) is 52.1 Å². The van der Waals surface area contributed by atoms with Gasteiger partial charge in [0.25, 0.3) is 0 Å². The fraction of sp³-hybridized carbons (Fsp3) is 0.267. The van der Waals surface area contributed by atoms with E-state index in [1.54, 1.807) is 6.20 Å². The highest BCUT2D eigenvalue weighted by atomic mass is 79.9. The van der Waals surface area contributed by atoms with Crippen LogP contribution in [0.15, 0.2) is 41.0 Å². The molecule has 1 heterocycles. The van der Waals surface area contributed by atoms with Gasteiger partial charge in [-0.15, -0.1) is 0 Å². The Labute approximate surface area is 122 Å². The number of rotatable bonds is 5. The minimum Gasteiger partial charge on any atom is -0.488 e. The van der Waals surface area contributed by atoms with E-state index in [1.807, 2.05) is 37.3 Å². The molecular formula is C15H17BrN2O. The normalized spacial score (nSPS) is 10.3. The molecule has 1 N–H and O–H groups in total. The van der Waals surface area contributed by atoms with Crippen molar-refractivity contribution in [1.82, 2.24) is 4.98 Å². The van der Waals surface area contributed by atoms with Gasteiger partial charge in [-0.2, -0.15) is 0 Å². The summed E-state index contributed by atoms with van der Waals surface area (Å²) in [7, 11) is 0. The zero-order valence-corrected chi connectivity index (χ0v) is 12.7. The van der Waals surface area contributed by atoms with E-state index in [1.165, 1.54) is 0 Å². The van der Waals surface area contributed by atoms with Crippen molar-refractivity contribution in [1.29, 1.82) is 0 Å². The first-order valence-corrected chi connectivity index (χ1v) is 7.06. The van der Waals surface area contributed by atoms with Crippen molar-refractivity contribution in [3.63, 3.8) is 0 Å². The second-order valence-corrected chi connectivity index (χ2v) is 5.16. The SMILES string of the molecule is CCNc1ncccc1COc1ccc(Br)cc1C. The molecule has 0 aliphatic rings. The lowest BCUT2D eigenvalue weighted by atomic mass is 10.2. The number of ether oxygens (including phenoxy) is 1. The van der Waals surface area contributed by atoms with Crippen LogP contribution < -0.4 is 10.1 Å². The van der Waals surface area contributed by atoms with Crippen LogP contribution in [0.4, 0.5) is 5.82 Å². The van der Waals surface area contributed by atoms with Crippen LogP contribution in [-0.2, 0) is 6.61 Å². The van der Waals surface area contributed by atoms with Crippen molar-refractivity contribution in [2.75, 3.05) is 11.9 Å². The number of aromatic nitrogens is 1. The Hall–Kier alpha value is -1.55. The summed E-state index contributed by atoms with van der Waals surface area (Å²) in [6, 6.07) is 9.95. The van der Waals surface area contributed by atoms with E-state index in [2.05, 4.69) is 33.2 Å². The summed E-state index contributed by atoms with van der Waals surface area (Å²) >= 11 is 3.45. The molecule has 0 fully saturated rings. The molecule has 100 valence electrons. The zero-order valence-electron chi connectivity index (χ0n) is 11.1. The Morgan fingerprint density at radius 1 is 1.32 bits per heavy atom. The average Bonchev–Trinajstić information content (AvgIpc) is 2.40. The van der Waals surface area contributed by atoms with E-state index >= 15 is 0 Å². The average molecular weight is 321 g/mol. The topological polar surface area (TPSA) is 34.2 Å². The van der Waals surface area contributed by atoms with Gasteiger partial charge in [-0.25, -0.2) is 4.98 Å². The van der Waals surface area contributed by atoms with Crippen LogP contribution in [0.5, 0.6) is 5.75 Å². The summed E-state index contributed by atoms with van der Waals surface area (Å²) in [6.07, 6.45) is 1.78. The fourth-order valence-corrected chi connectivity index (χ4v) is 2.29. The standard InChI is InChI=1S/C15H17BrN2O/c1-3-17-15-12(5-4-8-18-15)10-19-14-7-6-13(16)9-11(14)2/h4-9H,3,10H2,1-2H3,(H,17,18). The first-order chi connectivity index (χ1) is 9.20. The van der Waals surface area contributed by atoms with Gasteiger partial charge < -0.3 is 10.1 Å². The molecule has 0 unspecified atom stereocenters. The summed E-state index contributed by atoms with van der Waals surface area (Å²) in [6.45, 7) is 5.45. The summed E-state index contributed by atoms with van der Waals surface area (Å²) < 4.78 is 6.93. The van der Waals surface area contributed by atoms with Gasteiger partial charge in [-0.05, 0) is 43.7 Å². The van der Waals surface area contributed by atoms with E-state index in [0.29, 0.717) is 6.61 Å². The Morgan fingerprint density at radius 2 is 2.16 bits per heavy atom. The van der Waals surface area contributed by atoms with Crippen molar-refractivity contribution < 1.29 is 4.74 Å². The second kappa shape index (κ2) is 6.57. The number of hydrogen-bond acceptors (Lipinski definition) is 3. The molecule has 0 spiro atoms. The molecule has 0 aliphatic carbocycles. The smallest absolute Gasteiger partial charge is 0.132 e. The molecule has 2 rings (SSSR count). The first-order valence-electron chi connectivity index (χ1n) is 6.27. The van der Waals surface area contributed by atoms with Crippen LogP contribution >= 0.6 is 15.9 Å². The van der Waals surface area contributed by atoms with Crippen LogP contribution in [0, 0.1) is 6.92 Å². The molecule has 4 heteroatoms. The summed E-state index contributed by atoms with van der Waals surface area (Å²) in [5, 5.41) is 3.24. The Bertz CT molecular complexity index is 558. The molecule has 0 bridgehead atoms. The molecule has 19 heavy (non-hydrogen) atoms. The van der Waals surface area contributed by atoms with Gasteiger partial charge in [-0.1, -0.05) is 22.0 Å². The Morgan fingerprint density at radius 3 is 2.89 bits per heavy atom. The summed E-state index contributed by atoms with van der Waals surface area (Å²) in [5.41, 5.74) is 2.18. The number of halogens is 1. The summed E-state index contributed by atoms with van der Waals surface area (Å²) in [4.78, 5) is 4.32. The third-order valence-electron chi connectivity index (χ3n) is 2.76. The maximum Gasteiger partial charge on any atom is 0.132 e. The lowest BCUT2D eigenvalue weighted by Crippen LogP contribution is -2.06. The van der Waals surface area contributed by atoms with Crippen molar-refractivity contribution in [2.24, 2.45) is 0 Å². The van der Waals surface area contributed by atoms with Gasteiger partial charge in [0, 0.05) is 22.8 Å². The highest BCUT2D eigenvalue weighted by molar-refractivity contribution is 9.10. The maximum absolute atomic E-state index is 5.86. The molecular weight excluding hydrogens is 304 g/mol. The van der Waals surface area contributed by atoms with Crippen LogP contribution in [0.2, 0.25) is 0 Å². The van der Waals surface area contributed by atoms with Crippen molar-refractivity contribution >= 4 is 21.7 Å². The molecule has 0 radical (unpaired) electrons. The van der Waals surface area contributed by atoms with Gasteiger partial charge in [0.2, 0.25) is 0 Å². The number of hydrogen-bond donors (Lipinski definition) is 1. The first kappa shape index (κ1) is 13.9. The maximum atomic E-state index is 5.86. The van der Waals surface area contributed by atoms with Gasteiger partial charge in [0.1, 0.15) is 18.2 Å². The molecule has 0 amide bonds. The Balaban J connectivity index is 2.10. The number of aryl methyl sites for hydroxylation is 1. The van der Waals surface area contributed by atoms with Crippen LogP contribution in [0.1, 0.15) is 18.1 Å². The molecule has 0 saturated carbocycles. The predicted molar refractivity (Wildman–Crippen MR) is 81.6 cm³/mol. The third-order valence-corrected chi connectivity index (χ3v) is 3.25. The van der Waals surface area contributed by atoms with Gasteiger partial charge in [0.15, 0.2) is 0 Å². The van der Waals surface area contributed by atoms with Crippen molar-refractivity contribution in [3.8, 4) is 5.75 Å². The molecule has 2 aromatic rings. The van der Waals surface area contributed by atoms with E-state index < -0.39 is 0 Å². The number of nitrogens with zero attached hydrogens (tertiary/aromatic N) is 1. The van der Waals surface area contributed by atoms with Crippen molar-refractivity contribution in [2.45, 2.75) is 20.5 Å². The molecule has 3 nitrogen and oxygen atoms in total. The fourth-order valence-electron chi connectivity index (χ4n) is 1.81. The van der Waals surface area contributed by atoms with Gasteiger partial charge in [0.05, 0.1) is 0 Å². The van der Waals surface area contributed by atoms with Crippen LogP contribution in [0.25, 0.3) is 0 Å².